The maximum absolute atomic E-state index is 7.69. The minimum atomic E-state index is -1.95. The predicted molar refractivity (Wildman–Crippen MR) is 53.6 cm³/mol. The van der Waals surface area contributed by atoms with Crippen LogP contribution >= 0.6 is 0 Å². The number of rotatable bonds is 6. The van der Waals surface area contributed by atoms with Gasteiger partial charge in [0.25, 0.3) is 0 Å². The molecule has 12 heavy (non-hydrogen) atoms. The Bertz CT molecular complexity index is 142. The lowest BCUT2D eigenvalue weighted by Gasteiger charge is -2.23. The Labute approximate surface area is 78.3 Å². The molecule has 0 heterocycles. The zero-order chi connectivity index (χ0) is 10.5. The van der Waals surface area contributed by atoms with Crippen molar-refractivity contribution in [3.05, 3.63) is 0 Å². The molecular weight excluding hydrogens is 170 g/mol. The van der Waals surface area contributed by atoms with Gasteiger partial charge in [-0.05, 0) is 39.6 Å². The molecule has 0 aliphatic carbocycles. The summed E-state index contributed by atoms with van der Waals surface area (Å²) in [5.41, 5.74) is 0. The molecule has 0 aliphatic rings. The highest BCUT2D eigenvalue weighted by Gasteiger charge is 2.27. The van der Waals surface area contributed by atoms with E-state index >= 15 is 0 Å². The Hall–Kier alpha value is 0.0969. The third-order valence-corrected chi connectivity index (χ3v) is 4.88. The Kier molecular flexibility index (Phi) is 4.83. The fourth-order valence-electron chi connectivity index (χ4n) is 0.872. The Morgan fingerprint density at radius 2 is 1.83 bits per heavy atom. The number of hydrogen-bond donors (Lipinski definition) is 0. The van der Waals surface area contributed by atoms with E-state index in [1.54, 1.807) is 14.2 Å². The van der Waals surface area contributed by atoms with Crippen molar-refractivity contribution in [3.63, 3.8) is 0 Å². The second-order valence-corrected chi connectivity index (χ2v) is 6.81. The van der Waals surface area contributed by atoms with E-state index in [9.17, 15) is 0 Å². The van der Waals surface area contributed by atoms with Crippen molar-refractivity contribution < 1.29 is 10.2 Å². The highest BCUT2D eigenvalue weighted by Crippen LogP contribution is 2.13. The van der Waals surface area contributed by atoms with Gasteiger partial charge in [0, 0.05) is 15.6 Å². The number of nitrogens with zero attached hydrogens (tertiary/aromatic N) is 1. The van der Waals surface area contributed by atoms with Crippen LogP contribution in [0.2, 0.25) is 12.6 Å². The van der Waals surface area contributed by atoms with Crippen molar-refractivity contribution in [3.8, 4) is 0 Å². The first-order valence-electron chi connectivity index (χ1n) is 4.72. The van der Waals surface area contributed by atoms with Crippen molar-refractivity contribution in [2.75, 3.05) is 34.8 Å². The maximum atomic E-state index is 7.69. The lowest BCUT2D eigenvalue weighted by atomic mass is 10.5. The molecule has 0 N–H and O–H groups in total. The van der Waals surface area contributed by atoms with Crippen LogP contribution in [-0.2, 0) is 8.85 Å². The molecule has 0 aromatic heterocycles. The van der Waals surface area contributed by atoms with E-state index in [1.165, 1.54) is 0 Å². The molecule has 1 unspecified atom stereocenters. The lowest BCUT2D eigenvalue weighted by molar-refractivity contribution is 0.246. The molecular formula is C8H21NO2Si. The largest absolute Gasteiger partial charge is 0.398 e. The molecule has 0 saturated carbocycles. The minimum absolute atomic E-state index is 0.155. The van der Waals surface area contributed by atoms with Gasteiger partial charge in [-0.1, -0.05) is 0 Å². The molecule has 74 valence electrons. The fourth-order valence-corrected chi connectivity index (χ4v) is 2.10. The zero-order valence-corrected chi connectivity index (χ0v) is 9.76. The molecule has 0 aromatic rings. The molecule has 0 aliphatic heterocycles. The standard InChI is InChI=1S/C8H21NO2Si/c1-9(2)7-6-8-12(5,10-3)11-4/h6-8H2,1-5H3/i7D. The summed E-state index contributed by atoms with van der Waals surface area (Å²) in [4.78, 5) is 1.89. The first-order valence-corrected chi connectivity index (χ1v) is 6.66. The van der Waals surface area contributed by atoms with E-state index in [-0.39, 0.29) is 6.52 Å². The second-order valence-electron chi connectivity index (χ2n) is 3.23. The van der Waals surface area contributed by atoms with Gasteiger partial charge in [0.1, 0.15) is 0 Å². The Balaban J connectivity index is 3.85. The Morgan fingerprint density at radius 1 is 1.33 bits per heavy atom. The zero-order valence-electron chi connectivity index (χ0n) is 9.76. The minimum Gasteiger partial charge on any atom is -0.398 e. The normalized spacial score (nSPS) is 16.3. The molecule has 0 radical (unpaired) electrons. The van der Waals surface area contributed by atoms with Crippen molar-refractivity contribution in [2.24, 2.45) is 0 Å². The van der Waals surface area contributed by atoms with Gasteiger partial charge in [0.05, 0.1) is 0 Å². The first-order chi connectivity index (χ1) is 5.95. The molecule has 0 spiro atoms. The van der Waals surface area contributed by atoms with Crippen LogP contribution in [-0.4, -0.2) is 48.3 Å². The Morgan fingerprint density at radius 3 is 2.17 bits per heavy atom. The van der Waals surface area contributed by atoms with Gasteiger partial charge in [0.15, 0.2) is 0 Å². The van der Waals surface area contributed by atoms with Crippen LogP contribution in [0.4, 0.5) is 0 Å². The van der Waals surface area contributed by atoms with Crippen molar-refractivity contribution >= 4 is 8.56 Å². The summed E-state index contributed by atoms with van der Waals surface area (Å²) in [6, 6.07) is 0.867. The lowest BCUT2D eigenvalue weighted by Crippen LogP contribution is -2.36. The first kappa shape index (κ1) is 10.2. The molecule has 1 atom stereocenters. The van der Waals surface area contributed by atoms with Crippen LogP contribution < -0.4 is 0 Å². The van der Waals surface area contributed by atoms with Crippen LogP contribution in [0.3, 0.4) is 0 Å². The van der Waals surface area contributed by atoms with Gasteiger partial charge >= 0.3 is 8.56 Å². The van der Waals surface area contributed by atoms with Gasteiger partial charge in [-0.3, -0.25) is 0 Å². The third kappa shape index (κ3) is 4.87. The monoisotopic (exact) mass is 192 g/mol. The highest BCUT2D eigenvalue weighted by atomic mass is 28.4. The van der Waals surface area contributed by atoms with Crippen LogP contribution in [0.5, 0.6) is 0 Å². The summed E-state index contributed by atoms with van der Waals surface area (Å²) in [7, 11) is 5.24. The van der Waals surface area contributed by atoms with Crippen molar-refractivity contribution in [1.82, 2.24) is 4.90 Å². The summed E-state index contributed by atoms with van der Waals surface area (Å²) in [6.45, 7) is 1.87. The average molecular weight is 192 g/mol. The third-order valence-electron chi connectivity index (χ3n) is 1.96. The summed E-state index contributed by atoms with van der Waals surface area (Å²) in [5, 5.41) is 0. The van der Waals surface area contributed by atoms with Crippen LogP contribution in [0, 0.1) is 0 Å². The molecule has 0 rings (SSSR count). The van der Waals surface area contributed by atoms with E-state index in [0.717, 1.165) is 12.5 Å². The van der Waals surface area contributed by atoms with E-state index in [2.05, 4.69) is 0 Å². The smallest absolute Gasteiger partial charge is 0.334 e. The van der Waals surface area contributed by atoms with E-state index in [1.807, 2.05) is 25.5 Å². The summed E-state index contributed by atoms with van der Waals surface area (Å²) < 4.78 is 18.4. The topological polar surface area (TPSA) is 21.7 Å². The quantitative estimate of drug-likeness (QED) is 0.592. The molecule has 0 saturated heterocycles. The van der Waals surface area contributed by atoms with Crippen LogP contribution in [0.15, 0.2) is 0 Å². The average Bonchev–Trinajstić information content (AvgIpc) is 2.13. The molecule has 0 bridgehead atoms. The molecule has 0 amide bonds. The van der Waals surface area contributed by atoms with Gasteiger partial charge in [-0.25, -0.2) is 0 Å². The number of hydrogen-bond acceptors (Lipinski definition) is 3. The fraction of sp³-hybridized carbons (Fsp3) is 1.00. The van der Waals surface area contributed by atoms with Gasteiger partial charge in [-0.15, -0.1) is 0 Å². The van der Waals surface area contributed by atoms with Crippen LogP contribution in [0.25, 0.3) is 0 Å². The van der Waals surface area contributed by atoms with Gasteiger partial charge in [-0.2, -0.15) is 0 Å². The maximum Gasteiger partial charge on any atom is 0.334 e. The van der Waals surface area contributed by atoms with Gasteiger partial charge < -0.3 is 13.8 Å². The predicted octanol–water partition coefficient (Wildman–Crippen LogP) is 1.30. The SMILES string of the molecule is [2H]C(CC[Si](C)(OC)OC)N(C)C. The summed E-state index contributed by atoms with van der Waals surface area (Å²) >= 11 is 0. The second kappa shape index (κ2) is 5.69. The van der Waals surface area contributed by atoms with E-state index in [4.69, 9.17) is 10.2 Å². The van der Waals surface area contributed by atoms with Crippen LogP contribution in [0.1, 0.15) is 7.79 Å². The van der Waals surface area contributed by atoms with E-state index in [0.29, 0.717) is 0 Å². The van der Waals surface area contributed by atoms with Gasteiger partial charge in [0.2, 0.25) is 0 Å². The summed E-state index contributed by atoms with van der Waals surface area (Å²) in [5.74, 6) is 0. The van der Waals surface area contributed by atoms with E-state index < -0.39 is 8.56 Å². The highest BCUT2D eigenvalue weighted by molar-refractivity contribution is 6.65. The summed E-state index contributed by atoms with van der Waals surface area (Å²) in [6.07, 6.45) is 0.803. The van der Waals surface area contributed by atoms with Crippen molar-refractivity contribution in [2.45, 2.75) is 19.0 Å². The molecule has 4 heteroatoms. The molecule has 0 fully saturated rings. The van der Waals surface area contributed by atoms with Crippen molar-refractivity contribution in [1.29, 1.82) is 0 Å². The molecule has 0 aromatic carbocycles. The molecule has 3 nitrogen and oxygen atoms in total.